The molecule has 0 aliphatic carbocycles. The molecule has 2 N–H and O–H groups in total. The Balaban J connectivity index is 1.93. The SMILES string of the molecule is O=C(Cc1cccc(F)c1F)NCc1ccn[nH]1. The monoisotopic (exact) mass is 251 g/mol. The molecule has 0 bridgehead atoms. The molecule has 2 rings (SSSR count). The summed E-state index contributed by atoms with van der Waals surface area (Å²) in [5, 5.41) is 8.98. The second-order valence-corrected chi connectivity index (χ2v) is 3.75. The zero-order valence-corrected chi connectivity index (χ0v) is 9.41. The predicted octanol–water partition coefficient (Wildman–Crippen LogP) is 1.55. The summed E-state index contributed by atoms with van der Waals surface area (Å²) in [4.78, 5) is 11.5. The molecular weight excluding hydrogens is 240 g/mol. The van der Waals surface area contributed by atoms with Crippen molar-refractivity contribution in [1.29, 1.82) is 0 Å². The molecule has 1 aromatic heterocycles. The maximum atomic E-state index is 13.3. The van der Waals surface area contributed by atoms with E-state index in [9.17, 15) is 13.6 Å². The number of hydrogen-bond donors (Lipinski definition) is 2. The van der Waals surface area contributed by atoms with Gasteiger partial charge in [0.25, 0.3) is 0 Å². The van der Waals surface area contributed by atoms with Crippen molar-refractivity contribution in [3.05, 3.63) is 53.4 Å². The number of benzene rings is 1. The van der Waals surface area contributed by atoms with E-state index in [1.54, 1.807) is 12.3 Å². The molecule has 94 valence electrons. The summed E-state index contributed by atoms with van der Waals surface area (Å²) < 4.78 is 26.2. The molecule has 4 nitrogen and oxygen atoms in total. The fourth-order valence-corrected chi connectivity index (χ4v) is 1.50. The van der Waals surface area contributed by atoms with Gasteiger partial charge in [-0.2, -0.15) is 5.10 Å². The lowest BCUT2D eigenvalue weighted by atomic mass is 10.1. The Morgan fingerprint density at radius 3 is 2.89 bits per heavy atom. The van der Waals surface area contributed by atoms with Crippen molar-refractivity contribution in [3.63, 3.8) is 0 Å². The maximum absolute atomic E-state index is 13.3. The summed E-state index contributed by atoms with van der Waals surface area (Å²) in [5.74, 6) is -2.31. The number of rotatable bonds is 4. The molecule has 6 heteroatoms. The van der Waals surface area contributed by atoms with E-state index in [2.05, 4.69) is 15.5 Å². The second kappa shape index (κ2) is 5.39. The molecule has 0 atom stereocenters. The molecule has 0 aliphatic rings. The zero-order chi connectivity index (χ0) is 13.0. The number of aromatic nitrogens is 2. The van der Waals surface area contributed by atoms with Crippen LogP contribution >= 0.6 is 0 Å². The minimum absolute atomic E-state index is 0.0390. The van der Waals surface area contributed by atoms with Crippen molar-refractivity contribution >= 4 is 5.91 Å². The van der Waals surface area contributed by atoms with Crippen LogP contribution in [0.25, 0.3) is 0 Å². The zero-order valence-electron chi connectivity index (χ0n) is 9.41. The molecule has 2 aromatic rings. The van der Waals surface area contributed by atoms with E-state index < -0.39 is 11.6 Å². The third-order valence-electron chi connectivity index (χ3n) is 2.42. The van der Waals surface area contributed by atoms with Crippen LogP contribution in [0.5, 0.6) is 0 Å². The quantitative estimate of drug-likeness (QED) is 0.866. The van der Waals surface area contributed by atoms with E-state index >= 15 is 0 Å². The Bertz CT molecular complexity index is 540. The molecule has 0 saturated carbocycles. The number of aromatic amines is 1. The smallest absolute Gasteiger partial charge is 0.224 e. The molecule has 0 fully saturated rings. The van der Waals surface area contributed by atoms with Crippen LogP contribution in [0.15, 0.2) is 30.5 Å². The predicted molar refractivity (Wildman–Crippen MR) is 60.5 cm³/mol. The molecule has 0 spiro atoms. The first-order valence-corrected chi connectivity index (χ1v) is 5.34. The first kappa shape index (κ1) is 12.2. The molecule has 1 amide bonds. The molecule has 18 heavy (non-hydrogen) atoms. The van der Waals surface area contributed by atoms with Gasteiger partial charge in [-0.05, 0) is 12.1 Å². The summed E-state index contributed by atoms with van der Waals surface area (Å²) in [6, 6.07) is 5.48. The lowest BCUT2D eigenvalue weighted by Gasteiger charge is -2.05. The van der Waals surface area contributed by atoms with Gasteiger partial charge in [0.05, 0.1) is 18.7 Å². The van der Waals surface area contributed by atoms with E-state index in [0.29, 0.717) is 0 Å². The summed E-state index contributed by atoms with van der Waals surface area (Å²) in [6.07, 6.45) is 1.37. The van der Waals surface area contributed by atoms with Crippen molar-refractivity contribution in [2.24, 2.45) is 0 Å². The van der Waals surface area contributed by atoms with Gasteiger partial charge in [0.2, 0.25) is 5.91 Å². The van der Waals surface area contributed by atoms with Crippen LogP contribution in [0, 0.1) is 11.6 Å². The number of amides is 1. The first-order valence-electron chi connectivity index (χ1n) is 5.34. The fourth-order valence-electron chi connectivity index (χ4n) is 1.50. The Kier molecular flexibility index (Phi) is 3.66. The Morgan fingerprint density at radius 2 is 2.17 bits per heavy atom. The highest BCUT2D eigenvalue weighted by atomic mass is 19.2. The number of carbonyl (C=O) groups excluding carboxylic acids is 1. The lowest BCUT2D eigenvalue weighted by molar-refractivity contribution is -0.120. The van der Waals surface area contributed by atoms with Crippen LogP contribution < -0.4 is 5.32 Å². The van der Waals surface area contributed by atoms with Gasteiger partial charge in [-0.15, -0.1) is 0 Å². The normalized spacial score (nSPS) is 10.3. The number of carbonyl (C=O) groups is 1. The van der Waals surface area contributed by atoms with Gasteiger partial charge in [-0.25, -0.2) is 8.78 Å². The standard InChI is InChI=1S/C12H11F2N3O/c13-10-3-1-2-8(12(10)14)6-11(18)15-7-9-4-5-16-17-9/h1-5H,6-7H2,(H,15,18)(H,16,17). The van der Waals surface area contributed by atoms with Crippen LogP contribution in [-0.2, 0) is 17.8 Å². The average Bonchev–Trinajstić information content (AvgIpc) is 2.86. The number of halogens is 2. The summed E-state index contributed by atoms with van der Waals surface area (Å²) >= 11 is 0. The maximum Gasteiger partial charge on any atom is 0.224 e. The molecular formula is C12H11F2N3O. The number of H-pyrrole nitrogens is 1. The van der Waals surface area contributed by atoms with Crippen LogP contribution in [0.3, 0.4) is 0 Å². The van der Waals surface area contributed by atoms with Gasteiger partial charge in [0.15, 0.2) is 11.6 Å². The van der Waals surface area contributed by atoms with E-state index in [1.165, 1.54) is 12.1 Å². The van der Waals surface area contributed by atoms with Crippen molar-refractivity contribution in [3.8, 4) is 0 Å². The van der Waals surface area contributed by atoms with Crippen LogP contribution in [0.2, 0.25) is 0 Å². The minimum Gasteiger partial charge on any atom is -0.350 e. The van der Waals surface area contributed by atoms with Crippen molar-refractivity contribution in [2.75, 3.05) is 0 Å². The highest BCUT2D eigenvalue weighted by Gasteiger charge is 2.11. The Labute approximate surface area is 102 Å². The molecule has 1 heterocycles. The molecule has 0 saturated heterocycles. The molecule has 1 aromatic carbocycles. The van der Waals surface area contributed by atoms with E-state index in [-0.39, 0.29) is 24.4 Å². The fraction of sp³-hybridized carbons (Fsp3) is 0.167. The highest BCUT2D eigenvalue weighted by Crippen LogP contribution is 2.11. The molecule has 0 aliphatic heterocycles. The largest absolute Gasteiger partial charge is 0.350 e. The highest BCUT2D eigenvalue weighted by molar-refractivity contribution is 5.78. The first-order chi connectivity index (χ1) is 8.66. The van der Waals surface area contributed by atoms with E-state index in [1.807, 2.05) is 0 Å². The number of hydrogen-bond acceptors (Lipinski definition) is 2. The van der Waals surface area contributed by atoms with Crippen LogP contribution in [-0.4, -0.2) is 16.1 Å². The number of nitrogens with zero attached hydrogens (tertiary/aromatic N) is 1. The summed E-state index contributed by atoms with van der Waals surface area (Å²) in [7, 11) is 0. The van der Waals surface area contributed by atoms with E-state index in [4.69, 9.17) is 0 Å². The third kappa shape index (κ3) is 2.91. The van der Waals surface area contributed by atoms with Crippen molar-refractivity contribution in [2.45, 2.75) is 13.0 Å². The second-order valence-electron chi connectivity index (χ2n) is 3.75. The van der Waals surface area contributed by atoms with Gasteiger partial charge in [-0.1, -0.05) is 12.1 Å². The summed E-state index contributed by atoms with van der Waals surface area (Å²) in [5.41, 5.74) is 0.778. The van der Waals surface area contributed by atoms with Crippen molar-refractivity contribution in [1.82, 2.24) is 15.5 Å². The van der Waals surface area contributed by atoms with Crippen LogP contribution in [0.4, 0.5) is 8.78 Å². The Hall–Kier alpha value is -2.24. The molecule has 0 radical (unpaired) electrons. The minimum atomic E-state index is -0.978. The van der Waals surface area contributed by atoms with Gasteiger partial charge in [0, 0.05) is 11.8 Å². The van der Waals surface area contributed by atoms with E-state index in [0.717, 1.165) is 11.8 Å². The summed E-state index contributed by atoms with van der Waals surface area (Å²) in [6.45, 7) is 0.274. The van der Waals surface area contributed by atoms with Gasteiger partial charge in [-0.3, -0.25) is 9.89 Å². The van der Waals surface area contributed by atoms with Gasteiger partial charge in [0.1, 0.15) is 0 Å². The molecule has 0 unspecified atom stereocenters. The van der Waals surface area contributed by atoms with Gasteiger partial charge < -0.3 is 5.32 Å². The average molecular weight is 251 g/mol. The van der Waals surface area contributed by atoms with Crippen molar-refractivity contribution < 1.29 is 13.6 Å². The third-order valence-corrected chi connectivity index (χ3v) is 2.42. The lowest BCUT2D eigenvalue weighted by Crippen LogP contribution is -2.25. The topological polar surface area (TPSA) is 57.8 Å². The van der Waals surface area contributed by atoms with Crippen LogP contribution in [0.1, 0.15) is 11.3 Å². The Morgan fingerprint density at radius 1 is 1.33 bits per heavy atom. The van der Waals surface area contributed by atoms with Gasteiger partial charge >= 0.3 is 0 Å². The number of nitrogens with one attached hydrogen (secondary N) is 2.